The zero-order valence-corrected chi connectivity index (χ0v) is 18.3. The zero-order valence-electron chi connectivity index (χ0n) is 17.6. The summed E-state index contributed by atoms with van der Waals surface area (Å²) < 4.78 is 16.8. The molecule has 1 atom stereocenters. The fourth-order valence-corrected chi connectivity index (χ4v) is 3.68. The molecule has 1 aliphatic heterocycles. The van der Waals surface area contributed by atoms with Crippen molar-refractivity contribution in [2.45, 2.75) is 32.8 Å². The lowest BCUT2D eigenvalue weighted by molar-refractivity contribution is -0.138. The number of H-pyrrole nitrogens is 1. The van der Waals surface area contributed by atoms with Crippen LogP contribution in [0.15, 0.2) is 34.9 Å². The van der Waals surface area contributed by atoms with Gasteiger partial charge in [-0.1, -0.05) is 16.8 Å². The number of aromatic nitrogens is 3. The van der Waals surface area contributed by atoms with E-state index in [4.69, 9.17) is 25.6 Å². The molecule has 1 aliphatic rings. The van der Waals surface area contributed by atoms with E-state index in [1.807, 2.05) is 36.9 Å². The summed E-state index contributed by atoms with van der Waals surface area (Å²) in [5.74, 6) is 1.50. The lowest BCUT2D eigenvalue weighted by Gasteiger charge is -2.32. The number of amides is 1. The van der Waals surface area contributed by atoms with Crippen molar-refractivity contribution in [2.24, 2.45) is 0 Å². The van der Waals surface area contributed by atoms with Gasteiger partial charge in [0.2, 0.25) is 5.91 Å². The van der Waals surface area contributed by atoms with Crippen molar-refractivity contribution in [1.29, 1.82) is 0 Å². The number of hydrogen-bond acceptors (Lipinski definition) is 6. The number of benzene rings is 1. The summed E-state index contributed by atoms with van der Waals surface area (Å²) in [5.41, 5.74) is 3.35. The average molecular weight is 445 g/mol. The van der Waals surface area contributed by atoms with Crippen LogP contribution in [0.1, 0.15) is 34.5 Å². The van der Waals surface area contributed by atoms with Gasteiger partial charge in [-0.05, 0) is 44.2 Å². The smallest absolute Gasteiger partial charge is 0.227 e. The molecule has 0 saturated carbocycles. The minimum atomic E-state index is -0.260. The second-order valence-electron chi connectivity index (χ2n) is 7.55. The molecule has 1 fully saturated rings. The Hall–Kier alpha value is -2.84. The molecular formula is C22H25ClN4O4. The number of aryl methyl sites for hydroxylation is 2. The predicted octanol–water partition coefficient (Wildman–Crippen LogP) is 3.43. The molecule has 1 amide bonds. The molecule has 2 aromatic heterocycles. The quantitative estimate of drug-likeness (QED) is 0.600. The molecule has 3 aromatic rings. The summed E-state index contributed by atoms with van der Waals surface area (Å²) in [7, 11) is 0. The summed E-state index contributed by atoms with van der Waals surface area (Å²) in [5, 5.41) is 12.0. The molecule has 8 nitrogen and oxygen atoms in total. The second kappa shape index (κ2) is 9.53. The van der Waals surface area contributed by atoms with Crippen LogP contribution in [-0.4, -0.2) is 52.5 Å². The molecule has 9 heteroatoms. The SMILES string of the molecule is Cc1noc(C)c1CC(=O)N1CCO[C@H](c2cc(CCOc3ccc(Cl)cc3)[nH]n2)C1. The Kier molecular flexibility index (Phi) is 6.58. The highest BCUT2D eigenvalue weighted by Gasteiger charge is 2.28. The molecule has 31 heavy (non-hydrogen) atoms. The van der Waals surface area contributed by atoms with E-state index in [1.165, 1.54) is 0 Å². The zero-order chi connectivity index (χ0) is 21.8. The highest BCUT2D eigenvalue weighted by molar-refractivity contribution is 6.30. The van der Waals surface area contributed by atoms with Crippen molar-refractivity contribution in [3.05, 3.63) is 63.8 Å². The van der Waals surface area contributed by atoms with Crippen LogP contribution in [0.5, 0.6) is 5.75 Å². The van der Waals surface area contributed by atoms with Gasteiger partial charge >= 0.3 is 0 Å². The molecule has 0 spiro atoms. The highest BCUT2D eigenvalue weighted by Crippen LogP contribution is 2.23. The third kappa shape index (κ3) is 5.26. The normalized spacial score (nSPS) is 16.5. The molecule has 1 saturated heterocycles. The summed E-state index contributed by atoms with van der Waals surface area (Å²) in [4.78, 5) is 14.6. The number of aromatic amines is 1. The van der Waals surface area contributed by atoms with E-state index >= 15 is 0 Å². The minimum Gasteiger partial charge on any atom is -0.493 e. The van der Waals surface area contributed by atoms with Crippen molar-refractivity contribution in [2.75, 3.05) is 26.3 Å². The van der Waals surface area contributed by atoms with Gasteiger partial charge in [-0.25, -0.2) is 0 Å². The van der Waals surface area contributed by atoms with Crippen LogP contribution in [0.25, 0.3) is 0 Å². The maximum Gasteiger partial charge on any atom is 0.227 e. The summed E-state index contributed by atoms with van der Waals surface area (Å²) in [6, 6.07) is 9.24. The van der Waals surface area contributed by atoms with Crippen LogP contribution in [0, 0.1) is 13.8 Å². The third-order valence-electron chi connectivity index (χ3n) is 5.36. The average Bonchev–Trinajstić information content (AvgIpc) is 3.37. The Morgan fingerprint density at radius 3 is 2.87 bits per heavy atom. The van der Waals surface area contributed by atoms with E-state index in [0.717, 1.165) is 28.4 Å². The van der Waals surface area contributed by atoms with E-state index < -0.39 is 0 Å². The molecule has 0 unspecified atom stereocenters. The van der Waals surface area contributed by atoms with E-state index in [9.17, 15) is 4.79 Å². The standard InChI is InChI=1S/C22H25ClN4O4/c1-14-19(15(2)31-26-14)12-22(28)27-8-10-30-21(13-27)20-11-17(24-25-20)7-9-29-18-5-3-16(23)4-6-18/h3-6,11,21H,7-10,12-13H2,1-2H3,(H,24,25)/t21-/m0/s1. The fourth-order valence-electron chi connectivity index (χ4n) is 3.55. The van der Waals surface area contributed by atoms with Gasteiger partial charge in [0.15, 0.2) is 0 Å². The van der Waals surface area contributed by atoms with Crippen molar-refractivity contribution < 1.29 is 18.8 Å². The molecule has 164 valence electrons. The maximum atomic E-state index is 12.8. The van der Waals surface area contributed by atoms with Gasteiger partial charge in [0.25, 0.3) is 0 Å². The number of carbonyl (C=O) groups excluding carboxylic acids is 1. The van der Waals surface area contributed by atoms with Crippen LogP contribution in [0.4, 0.5) is 0 Å². The Balaban J connectivity index is 1.30. The molecule has 4 rings (SSSR count). The Bertz CT molecular complexity index is 1010. The Morgan fingerprint density at radius 2 is 2.13 bits per heavy atom. The molecule has 3 heterocycles. The number of nitrogens with one attached hydrogen (secondary N) is 1. The largest absolute Gasteiger partial charge is 0.493 e. The fraction of sp³-hybridized carbons (Fsp3) is 0.409. The highest BCUT2D eigenvalue weighted by atomic mass is 35.5. The van der Waals surface area contributed by atoms with Crippen molar-refractivity contribution in [1.82, 2.24) is 20.3 Å². The van der Waals surface area contributed by atoms with Gasteiger partial charge in [0.1, 0.15) is 17.6 Å². The van der Waals surface area contributed by atoms with Gasteiger partial charge < -0.3 is 18.9 Å². The van der Waals surface area contributed by atoms with E-state index in [-0.39, 0.29) is 18.4 Å². The number of carbonyl (C=O) groups is 1. The monoisotopic (exact) mass is 444 g/mol. The Labute approximate surface area is 185 Å². The number of rotatable bonds is 7. The Morgan fingerprint density at radius 1 is 1.32 bits per heavy atom. The number of halogens is 1. The van der Waals surface area contributed by atoms with E-state index in [1.54, 1.807) is 12.1 Å². The van der Waals surface area contributed by atoms with Crippen molar-refractivity contribution in [3.63, 3.8) is 0 Å². The predicted molar refractivity (Wildman–Crippen MR) is 114 cm³/mol. The lowest BCUT2D eigenvalue weighted by Crippen LogP contribution is -2.43. The molecule has 0 bridgehead atoms. The van der Waals surface area contributed by atoms with Crippen LogP contribution in [-0.2, 0) is 22.4 Å². The van der Waals surface area contributed by atoms with Crippen molar-refractivity contribution >= 4 is 17.5 Å². The summed E-state index contributed by atoms with van der Waals surface area (Å²) >= 11 is 5.88. The summed E-state index contributed by atoms with van der Waals surface area (Å²) in [6.07, 6.45) is 0.697. The first-order valence-corrected chi connectivity index (χ1v) is 10.6. The minimum absolute atomic E-state index is 0.0369. The van der Waals surface area contributed by atoms with Gasteiger partial charge in [0, 0.05) is 29.2 Å². The number of hydrogen-bond donors (Lipinski definition) is 1. The molecular weight excluding hydrogens is 420 g/mol. The maximum absolute atomic E-state index is 12.8. The topological polar surface area (TPSA) is 93.5 Å². The lowest BCUT2D eigenvalue weighted by atomic mass is 10.1. The van der Waals surface area contributed by atoms with Gasteiger partial charge in [-0.15, -0.1) is 0 Å². The molecule has 1 aromatic carbocycles. The number of morpholine rings is 1. The number of nitrogens with zero attached hydrogens (tertiary/aromatic N) is 3. The first-order chi connectivity index (χ1) is 15.0. The second-order valence-corrected chi connectivity index (χ2v) is 7.99. The van der Waals surface area contributed by atoms with Gasteiger partial charge in [-0.3, -0.25) is 9.89 Å². The van der Waals surface area contributed by atoms with Crippen LogP contribution in [0.3, 0.4) is 0 Å². The third-order valence-corrected chi connectivity index (χ3v) is 5.61. The molecule has 1 N–H and O–H groups in total. The molecule has 0 radical (unpaired) electrons. The molecule has 0 aliphatic carbocycles. The van der Waals surface area contributed by atoms with Gasteiger partial charge in [0.05, 0.1) is 37.6 Å². The van der Waals surface area contributed by atoms with Crippen LogP contribution in [0.2, 0.25) is 5.02 Å². The number of ether oxygens (including phenoxy) is 2. The first-order valence-electron chi connectivity index (χ1n) is 10.2. The summed E-state index contributed by atoms with van der Waals surface area (Å²) in [6.45, 7) is 5.69. The van der Waals surface area contributed by atoms with Crippen molar-refractivity contribution in [3.8, 4) is 5.75 Å². The first kappa shape index (κ1) is 21.4. The van der Waals surface area contributed by atoms with Gasteiger partial charge in [-0.2, -0.15) is 5.10 Å². The van der Waals surface area contributed by atoms with Crippen LogP contribution < -0.4 is 4.74 Å². The van der Waals surface area contributed by atoms with Crippen LogP contribution >= 0.6 is 11.6 Å². The van der Waals surface area contributed by atoms with E-state index in [2.05, 4.69) is 15.4 Å². The van der Waals surface area contributed by atoms with E-state index in [0.29, 0.717) is 43.5 Å².